The van der Waals surface area contributed by atoms with E-state index in [4.69, 9.17) is 28.6 Å². The van der Waals surface area contributed by atoms with Crippen LogP contribution in [-0.4, -0.2) is 22.2 Å². The van der Waals surface area contributed by atoms with Crippen molar-refractivity contribution in [1.29, 1.82) is 0 Å². The summed E-state index contributed by atoms with van der Waals surface area (Å²) in [6, 6.07) is 23.0. The van der Waals surface area contributed by atoms with Crippen molar-refractivity contribution in [1.82, 2.24) is 9.88 Å². The number of halogens is 2. The van der Waals surface area contributed by atoms with Crippen LogP contribution in [0.1, 0.15) is 12.0 Å². The predicted octanol–water partition coefficient (Wildman–Crippen LogP) is 6.79. The maximum atomic E-state index is 13.2. The molecule has 3 aromatic carbocycles. The van der Waals surface area contributed by atoms with Crippen molar-refractivity contribution >= 4 is 73.4 Å². The molecule has 1 amide bonds. The second-order valence-corrected chi connectivity index (χ2v) is 9.75. The molecule has 1 aliphatic heterocycles. The molecule has 0 atom stereocenters. The number of hydrogen-bond acceptors (Lipinski definition) is 3. The minimum atomic E-state index is -0.176. The third-order valence-corrected chi connectivity index (χ3v) is 6.79. The van der Waals surface area contributed by atoms with Gasteiger partial charge in [0.15, 0.2) is 5.11 Å². The topological polar surface area (TPSA) is 46.5 Å². The smallest absolute Gasteiger partial charge is 0.281 e. The number of thiocarbonyl (C=S) groups is 1. The second kappa shape index (κ2) is 10.2. The summed E-state index contributed by atoms with van der Waals surface area (Å²) < 4.78 is 8.99. The van der Waals surface area contributed by atoms with Crippen molar-refractivity contribution in [2.24, 2.45) is 0 Å². The molecular weight excluding hydrogens is 546 g/mol. The molecule has 2 heterocycles. The number of anilines is 1. The van der Waals surface area contributed by atoms with E-state index >= 15 is 0 Å². The molecule has 1 saturated heterocycles. The molecule has 5 rings (SSSR count). The molecule has 0 spiro atoms. The van der Waals surface area contributed by atoms with E-state index in [1.165, 1.54) is 4.90 Å². The van der Waals surface area contributed by atoms with E-state index in [-0.39, 0.29) is 5.91 Å². The van der Waals surface area contributed by atoms with E-state index in [0.717, 1.165) is 39.6 Å². The standard InChI is InChI=1S/C27H21BrClN3O2S/c28-19-11-12-24-21(16-19)18(17-31(24)13-6-14-34-25-10-5-4-9-22(25)29)15-23-26(33)32(27(35)30-23)20-7-2-1-3-8-20/h1-5,7-12,15-17H,6,13-14H2,(H,30,35)/b23-15-. The molecule has 0 radical (unpaired) electrons. The predicted molar refractivity (Wildman–Crippen MR) is 149 cm³/mol. The fourth-order valence-electron chi connectivity index (χ4n) is 4.08. The number of aromatic nitrogens is 1. The van der Waals surface area contributed by atoms with Gasteiger partial charge in [-0.15, -0.1) is 0 Å². The van der Waals surface area contributed by atoms with Crippen LogP contribution in [0.25, 0.3) is 17.0 Å². The summed E-state index contributed by atoms with van der Waals surface area (Å²) in [4.78, 5) is 14.7. The van der Waals surface area contributed by atoms with Gasteiger partial charge in [0.2, 0.25) is 0 Å². The van der Waals surface area contributed by atoms with Crippen LogP contribution in [0.2, 0.25) is 5.02 Å². The van der Waals surface area contributed by atoms with Gasteiger partial charge >= 0.3 is 0 Å². The van der Waals surface area contributed by atoms with Crippen LogP contribution in [0.3, 0.4) is 0 Å². The molecule has 0 saturated carbocycles. The summed E-state index contributed by atoms with van der Waals surface area (Å²) in [5.74, 6) is 0.510. The highest BCUT2D eigenvalue weighted by Crippen LogP contribution is 2.29. The summed E-state index contributed by atoms with van der Waals surface area (Å²) >= 11 is 15.2. The number of rotatable bonds is 7. The second-order valence-electron chi connectivity index (χ2n) is 8.04. The van der Waals surface area contributed by atoms with Gasteiger partial charge in [0.05, 0.1) is 17.3 Å². The van der Waals surface area contributed by atoms with Gasteiger partial charge < -0.3 is 14.6 Å². The number of aryl methyl sites for hydroxylation is 1. The van der Waals surface area contributed by atoms with Crippen molar-refractivity contribution in [3.63, 3.8) is 0 Å². The van der Waals surface area contributed by atoms with E-state index in [0.29, 0.717) is 28.2 Å². The number of ether oxygens (including phenoxy) is 1. The third kappa shape index (κ3) is 4.98. The maximum Gasteiger partial charge on any atom is 0.281 e. The van der Waals surface area contributed by atoms with Gasteiger partial charge in [-0.1, -0.05) is 57.9 Å². The number of nitrogens with one attached hydrogen (secondary N) is 1. The highest BCUT2D eigenvalue weighted by atomic mass is 79.9. The van der Waals surface area contributed by atoms with Crippen molar-refractivity contribution in [2.45, 2.75) is 13.0 Å². The van der Waals surface area contributed by atoms with Gasteiger partial charge in [-0.05, 0) is 67.2 Å². The lowest BCUT2D eigenvalue weighted by molar-refractivity contribution is -0.113. The van der Waals surface area contributed by atoms with Gasteiger partial charge in [0, 0.05) is 33.7 Å². The molecule has 4 aromatic rings. The zero-order valence-corrected chi connectivity index (χ0v) is 21.7. The molecule has 35 heavy (non-hydrogen) atoms. The van der Waals surface area contributed by atoms with Crippen molar-refractivity contribution < 1.29 is 9.53 Å². The Kier molecular flexibility index (Phi) is 6.90. The van der Waals surface area contributed by atoms with Crippen LogP contribution in [0.15, 0.2) is 89.2 Å². The average Bonchev–Trinajstić information content (AvgIpc) is 3.33. The van der Waals surface area contributed by atoms with Crippen molar-refractivity contribution in [3.05, 3.63) is 99.7 Å². The fourth-order valence-corrected chi connectivity index (χ4v) is 4.93. The summed E-state index contributed by atoms with van der Waals surface area (Å²) in [6.45, 7) is 1.29. The maximum absolute atomic E-state index is 13.2. The Morgan fingerprint density at radius 3 is 2.63 bits per heavy atom. The molecule has 1 N–H and O–H groups in total. The Morgan fingerprint density at radius 1 is 1.06 bits per heavy atom. The zero-order valence-electron chi connectivity index (χ0n) is 18.6. The summed E-state index contributed by atoms with van der Waals surface area (Å²) in [5.41, 5.74) is 3.19. The molecular formula is C27H21BrClN3O2S. The van der Waals surface area contributed by atoms with E-state index in [1.54, 1.807) is 0 Å². The van der Waals surface area contributed by atoms with Crippen molar-refractivity contribution in [3.8, 4) is 5.75 Å². The first-order chi connectivity index (χ1) is 17.0. The molecule has 176 valence electrons. The lowest BCUT2D eigenvalue weighted by Crippen LogP contribution is -2.30. The first-order valence-corrected chi connectivity index (χ1v) is 12.7. The van der Waals surface area contributed by atoms with Crippen LogP contribution in [0, 0.1) is 0 Å². The van der Waals surface area contributed by atoms with E-state index in [9.17, 15) is 4.79 Å². The van der Waals surface area contributed by atoms with Crippen LogP contribution in [0.4, 0.5) is 5.69 Å². The van der Waals surface area contributed by atoms with Crippen LogP contribution >= 0.6 is 39.7 Å². The Morgan fingerprint density at radius 2 is 1.83 bits per heavy atom. The largest absolute Gasteiger partial charge is 0.492 e. The van der Waals surface area contributed by atoms with Crippen LogP contribution in [0.5, 0.6) is 5.75 Å². The molecule has 0 bridgehead atoms. The van der Waals surface area contributed by atoms with Gasteiger partial charge in [-0.25, -0.2) is 0 Å². The van der Waals surface area contributed by atoms with E-state index < -0.39 is 0 Å². The first-order valence-electron chi connectivity index (χ1n) is 11.1. The Balaban J connectivity index is 1.38. The lowest BCUT2D eigenvalue weighted by Gasteiger charge is -2.13. The first kappa shape index (κ1) is 23.6. The number of carbonyl (C=O) groups excluding carboxylic acids is 1. The van der Waals surface area contributed by atoms with Gasteiger partial charge in [0.1, 0.15) is 11.4 Å². The SMILES string of the molecule is O=C1/C(=C/c2cn(CCCOc3ccccc3Cl)c3ccc(Br)cc23)NC(=S)N1c1ccccc1. The van der Waals surface area contributed by atoms with Gasteiger partial charge in [0.25, 0.3) is 5.91 Å². The Hall–Kier alpha value is -3.13. The average molecular weight is 567 g/mol. The monoisotopic (exact) mass is 565 g/mol. The molecule has 0 unspecified atom stereocenters. The summed E-state index contributed by atoms with van der Waals surface area (Å²) in [7, 11) is 0. The third-order valence-electron chi connectivity index (χ3n) is 5.70. The molecule has 1 aromatic heterocycles. The minimum Gasteiger partial charge on any atom is -0.492 e. The molecule has 1 aliphatic rings. The number of para-hydroxylation sites is 2. The molecule has 5 nitrogen and oxygen atoms in total. The number of fused-ring (bicyclic) bond motifs is 1. The Bertz CT molecular complexity index is 1450. The van der Waals surface area contributed by atoms with E-state index in [1.807, 2.05) is 66.7 Å². The number of carbonyl (C=O) groups is 1. The molecule has 8 heteroatoms. The number of nitrogens with zero attached hydrogens (tertiary/aromatic N) is 2. The molecule has 0 aliphatic carbocycles. The number of amides is 1. The van der Waals surface area contributed by atoms with Crippen LogP contribution < -0.4 is 15.0 Å². The number of hydrogen-bond donors (Lipinski definition) is 1. The van der Waals surface area contributed by atoms with Gasteiger partial charge in [-0.2, -0.15) is 0 Å². The normalized spacial score (nSPS) is 14.7. The highest BCUT2D eigenvalue weighted by Gasteiger charge is 2.32. The lowest BCUT2D eigenvalue weighted by atomic mass is 10.1. The quantitative estimate of drug-likeness (QED) is 0.152. The molecule has 1 fully saturated rings. The Labute approximate surface area is 222 Å². The van der Waals surface area contributed by atoms with Crippen LogP contribution in [-0.2, 0) is 11.3 Å². The summed E-state index contributed by atoms with van der Waals surface area (Å²) in [6.07, 6.45) is 4.72. The number of benzene rings is 3. The fraction of sp³-hybridized carbons (Fsp3) is 0.111. The highest BCUT2D eigenvalue weighted by molar-refractivity contribution is 9.10. The minimum absolute atomic E-state index is 0.176. The van der Waals surface area contributed by atoms with Gasteiger partial charge in [-0.3, -0.25) is 9.69 Å². The van der Waals surface area contributed by atoms with E-state index in [2.05, 4.69) is 44.1 Å². The zero-order chi connectivity index (χ0) is 24.4. The van der Waals surface area contributed by atoms with Crippen molar-refractivity contribution in [2.75, 3.05) is 11.5 Å². The summed E-state index contributed by atoms with van der Waals surface area (Å²) in [5, 5.41) is 5.09.